The molecule has 1 aliphatic heterocycles. The van der Waals surface area contributed by atoms with Crippen molar-refractivity contribution >= 4 is 39.1 Å². The number of hydrogen-bond acceptors (Lipinski definition) is 5. The minimum atomic E-state index is -3.86. The molecule has 168 valence electrons. The SMILES string of the molecule is Cc1oc(-c2ccccc2)nc1CC(=O)N1CCN(S(=O)(=O)c2c(Cl)cccc2Cl)CC1. The van der Waals surface area contributed by atoms with Crippen molar-refractivity contribution in [2.75, 3.05) is 26.2 Å². The summed E-state index contributed by atoms with van der Waals surface area (Å²) in [6, 6.07) is 14.0. The monoisotopic (exact) mass is 493 g/mol. The molecule has 1 aliphatic rings. The average Bonchev–Trinajstić information content (AvgIpc) is 3.14. The Labute approximate surface area is 196 Å². The van der Waals surface area contributed by atoms with Crippen LogP contribution in [0.5, 0.6) is 0 Å². The van der Waals surface area contributed by atoms with Crippen LogP contribution in [-0.2, 0) is 21.2 Å². The Morgan fingerprint density at radius 1 is 1.00 bits per heavy atom. The Balaban J connectivity index is 1.42. The summed E-state index contributed by atoms with van der Waals surface area (Å²) in [6.45, 7) is 2.62. The van der Waals surface area contributed by atoms with Crippen molar-refractivity contribution in [1.82, 2.24) is 14.2 Å². The van der Waals surface area contributed by atoms with E-state index in [9.17, 15) is 13.2 Å². The highest BCUT2D eigenvalue weighted by molar-refractivity contribution is 7.89. The lowest BCUT2D eigenvalue weighted by Gasteiger charge is -2.34. The lowest BCUT2D eigenvalue weighted by atomic mass is 10.2. The number of hydrogen-bond donors (Lipinski definition) is 0. The van der Waals surface area contributed by atoms with Gasteiger partial charge in [-0.3, -0.25) is 4.79 Å². The first-order chi connectivity index (χ1) is 15.3. The summed E-state index contributed by atoms with van der Waals surface area (Å²) in [7, 11) is -3.86. The van der Waals surface area contributed by atoms with Crippen LogP contribution in [-0.4, -0.2) is 54.7 Å². The van der Waals surface area contributed by atoms with Crippen molar-refractivity contribution < 1.29 is 17.6 Å². The molecule has 0 atom stereocenters. The highest BCUT2D eigenvalue weighted by atomic mass is 35.5. The summed E-state index contributed by atoms with van der Waals surface area (Å²) >= 11 is 12.2. The zero-order valence-corrected chi connectivity index (χ0v) is 19.6. The molecule has 0 bridgehead atoms. The molecule has 1 fully saturated rings. The molecule has 2 heterocycles. The van der Waals surface area contributed by atoms with Crippen LogP contribution >= 0.6 is 23.2 Å². The largest absolute Gasteiger partial charge is 0.441 e. The number of aryl methyl sites for hydroxylation is 1. The van der Waals surface area contributed by atoms with Gasteiger partial charge in [-0.2, -0.15) is 4.31 Å². The Kier molecular flexibility index (Phi) is 6.57. The minimum Gasteiger partial charge on any atom is -0.441 e. The van der Waals surface area contributed by atoms with Crippen molar-refractivity contribution in [2.24, 2.45) is 0 Å². The van der Waals surface area contributed by atoms with Crippen molar-refractivity contribution in [1.29, 1.82) is 0 Å². The third-order valence-electron chi connectivity index (χ3n) is 5.34. The number of rotatable bonds is 5. The summed E-state index contributed by atoms with van der Waals surface area (Å²) in [5, 5.41) is 0.151. The zero-order chi connectivity index (χ0) is 22.9. The molecule has 0 saturated carbocycles. The lowest BCUT2D eigenvalue weighted by molar-refractivity contribution is -0.131. The normalized spacial score (nSPS) is 15.2. The molecule has 7 nitrogen and oxygen atoms in total. The number of carbonyl (C=O) groups excluding carboxylic acids is 1. The third-order valence-corrected chi connectivity index (χ3v) is 8.19. The summed E-state index contributed by atoms with van der Waals surface area (Å²) in [4.78, 5) is 18.8. The summed E-state index contributed by atoms with van der Waals surface area (Å²) in [5.74, 6) is 0.930. The first kappa shape index (κ1) is 22.8. The van der Waals surface area contributed by atoms with Crippen LogP contribution in [0.25, 0.3) is 11.5 Å². The molecule has 10 heteroatoms. The van der Waals surface area contributed by atoms with Gasteiger partial charge in [0.15, 0.2) is 0 Å². The number of piperazine rings is 1. The predicted octanol–water partition coefficient (Wildman–Crippen LogP) is 4.03. The van der Waals surface area contributed by atoms with Gasteiger partial charge in [0, 0.05) is 31.7 Å². The summed E-state index contributed by atoms with van der Waals surface area (Å²) < 4.78 is 33.1. The van der Waals surface area contributed by atoms with Gasteiger partial charge in [0.1, 0.15) is 10.7 Å². The molecule has 4 rings (SSSR count). The number of oxazole rings is 1. The number of sulfonamides is 1. The fourth-order valence-electron chi connectivity index (χ4n) is 3.59. The zero-order valence-electron chi connectivity index (χ0n) is 17.3. The molecule has 2 aromatic carbocycles. The second-order valence-corrected chi connectivity index (χ2v) is 10.1. The topological polar surface area (TPSA) is 83.7 Å². The number of carbonyl (C=O) groups is 1. The summed E-state index contributed by atoms with van der Waals surface area (Å²) in [5.41, 5.74) is 1.41. The molecule has 1 aromatic heterocycles. The maximum atomic E-state index is 13.0. The maximum absolute atomic E-state index is 13.0. The van der Waals surface area contributed by atoms with Crippen molar-refractivity contribution in [3.05, 3.63) is 70.0 Å². The number of benzene rings is 2. The van der Waals surface area contributed by atoms with E-state index in [2.05, 4.69) is 4.98 Å². The minimum absolute atomic E-state index is 0.0757. The van der Waals surface area contributed by atoms with Crippen LogP contribution in [0.3, 0.4) is 0 Å². The van der Waals surface area contributed by atoms with E-state index in [4.69, 9.17) is 27.6 Å². The van der Waals surface area contributed by atoms with Gasteiger partial charge in [-0.1, -0.05) is 47.5 Å². The second-order valence-electron chi connectivity index (χ2n) is 7.40. The Morgan fingerprint density at radius 3 is 2.25 bits per heavy atom. The van der Waals surface area contributed by atoms with Gasteiger partial charge in [-0.15, -0.1) is 0 Å². The van der Waals surface area contributed by atoms with Crippen LogP contribution in [0.15, 0.2) is 57.8 Å². The van der Waals surface area contributed by atoms with E-state index in [1.165, 1.54) is 16.4 Å². The highest BCUT2D eigenvalue weighted by Crippen LogP contribution is 2.32. The van der Waals surface area contributed by atoms with Gasteiger partial charge in [-0.25, -0.2) is 13.4 Å². The molecule has 0 spiro atoms. The predicted molar refractivity (Wildman–Crippen MR) is 122 cm³/mol. The summed E-state index contributed by atoms with van der Waals surface area (Å²) in [6.07, 6.45) is 0.0886. The highest BCUT2D eigenvalue weighted by Gasteiger charge is 2.33. The van der Waals surface area contributed by atoms with Gasteiger partial charge >= 0.3 is 0 Å². The average molecular weight is 494 g/mol. The smallest absolute Gasteiger partial charge is 0.246 e. The van der Waals surface area contributed by atoms with E-state index in [-0.39, 0.29) is 53.4 Å². The van der Waals surface area contributed by atoms with E-state index in [0.29, 0.717) is 17.3 Å². The molecule has 0 aliphatic carbocycles. The molecule has 0 unspecified atom stereocenters. The van der Waals surface area contributed by atoms with Crippen molar-refractivity contribution in [2.45, 2.75) is 18.2 Å². The first-order valence-electron chi connectivity index (χ1n) is 10.0. The van der Waals surface area contributed by atoms with Crippen LogP contribution in [0, 0.1) is 6.92 Å². The molecular formula is C22H21Cl2N3O4S. The van der Waals surface area contributed by atoms with E-state index < -0.39 is 10.0 Å². The van der Waals surface area contributed by atoms with E-state index in [1.807, 2.05) is 30.3 Å². The fraction of sp³-hybridized carbons (Fsp3) is 0.273. The number of aromatic nitrogens is 1. The molecule has 1 amide bonds. The van der Waals surface area contributed by atoms with Gasteiger partial charge in [-0.05, 0) is 31.2 Å². The number of halogens is 2. The van der Waals surface area contributed by atoms with Crippen LogP contribution in [0.2, 0.25) is 10.0 Å². The van der Waals surface area contributed by atoms with Crippen LogP contribution < -0.4 is 0 Å². The van der Waals surface area contributed by atoms with Crippen molar-refractivity contribution in [3.8, 4) is 11.5 Å². The lowest BCUT2D eigenvalue weighted by Crippen LogP contribution is -2.51. The van der Waals surface area contributed by atoms with Crippen LogP contribution in [0.4, 0.5) is 0 Å². The maximum Gasteiger partial charge on any atom is 0.246 e. The molecule has 0 radical (unpaired) electrons. The third kappa shape index (κ3) is 4.54. The first-order valence-corrected chi connectivity index (χ1v) is 12.2. The molecular weight excluding hydrogens is 473 g/mol. The number of amides is 1. The molecule has 32 heavy (non-hydrogen) atoms. The van der Waals surface area contributed by atoms with Crippen LogP contribution in [0.1, 0.15) is 11.5 Å². The number of nitrogens with zero attached hydrogens (tertiary/aromatic N) is 3. The molecule has 3 aromatic rings. The van der Waals surface area contributed by atoms with E-state index in [0.717, 1.165) is 5.56 Å². The van der Waals surface area contributed by atoms with Gasteiger partial charge < -0.3 is 9.32 Å². The molecule has 0 N–H and O–H groups in total. The second kappa shape index (κ2) is 9.23. The fourth-order valence-corrected chi connectivity index (χ4v) is 6.10. The van der Waals surface area contributed by atoms with Gasteiger partial charge in [0.05, 0.1) is 22.2 Å². The van der Waals surface area contributed by atoms with E-state index in [1.54, 1.807) is 17.9 Å². The molecule has 1 saturated heterocycles. The van der Waals surface area contributed by atoms with Gasteiger partial charge in [0.25, 0.3) is 0 Å². The Bertz CT molecular complexity index is 1220. The standard InChI is InChI=1S/C22H21Cl2N3O4S/c1-15-19(25-22(31-15)16-6-3-2-4-7-16)14-20(28)26-10-12-27(13-11-26)32(29,30)21-17(23)8-5-9-18(21)24/h2-9H,10-14H2,1H3. The van der Waals surface area contributed by atoms with Gasteiger partial charge in [0.2, 0.25) is 21.8 Å². The Hall–Kier alpha value is -2.39. The Morgan fingerprint density at radius 2 is 1.62 bits per heavy atom. The van der Waals surface area contributed by atoms with E-state index >= 15 is 0 Å². The quantitative estimate of drug-likeness (QED) is 0.535. The van der Waals surface area contributed by atoms with Crippen molar-refractivity contribution in [3.63, 3.8) is 0 Å².